The van der Waals surface area contributed by atoms with Gasteiger partial charge in [-0.3, -0.25) is 10.1 Å². The number of oxazole rings is 1. The van der Waals surface area contributed by atoms with E-state index in [1.54, 1.807) is 32.9 Å². The van der Waals surface area contributed by atoms with E-state index in [9.17, 15) is 14.4 Å². The van der Waals surface area contributed by atoms with Gasteiger partial charge in [-0.2, -0.15) is 0 Å². The highest BCUT2D eigenvalue weighted by Crippen LogP contribution is 2.59. The van der Waals surface area contributed by atoms with E-state index >= 15 is 0 Å². The first-order chi connectivity index (χ1) is 23.6. The van der Waals surface area contributed by atoms with Crippen LogP contribution in [0.1, 0.15) is 117 Å². The molecule has 0 radical (unpaired) electrons. The van der Waals surface area contributed by atoms with Crippen molar-refractivity contribution in [1.82, 2.24) is 20.6 Å². The number of rotatable bonds is 5. The number of nitrogens with zero attached hydrogens (tertiary/aromatic N) is 3. The van der Waals surface area contributed by atoms with Gasteiger partial charge in [-0.25, -0.2) is 19.6 Å². The molecule has 3 amide bonds. The van der Waals surface area contributed by atoms with Crippen molar-refractivity contribution >= 4 is 29.6 Å². The molecule has 51 heavy (non-hydrogen) atoms. The van der Waals surface area contributed by atoms with E-state index in [1.165, 1.54) is 29.3 Å². The van der Waals surface area contributed by atoms with Crippen molar-refractivity contribution in [2.45, 2.75) is 123 Å². The van der Waals surface area contributed by atoms with Crippen molar-refractivity contribution in [3.63, 3.8) is 0 Å². The van der Waals surface area contributed by atoms with Crippen LogP contribution in [0.4, 0.5) is 21.1 Å². The monoisotopic (exact) mass is 704 g/mol. The Hall–Kier alpha value is -4.81. The standard InChI is InChI=1S/C20H28N2O3.C18H24N4O4/c1-19(2,3)25-18(23)21-12-7-6-8-22(11-12)15-10-16-14-9-13(15)17(14)20(4,5)24-16;1-17(2,3)22-14(23)12-10-25-15(20-12)11-7-8-19-13(9-11)21-16(24)26-18(4,5)6/h9-10,12,17H,6-8,11H2,1-5H3,(H,21,23);7-10H,1-6H3,(H,22,23)(H,19,21,24). The predicted molar refractivity (Wildman–Crippen MR) is 194 cm³/mol. The number of benzene rings is 1. The van der Waals surface area contributed by atoms with Gasteiger partial charge in [0.15, 0.2) is 5.69 Å². The fraction of sp³-hybridized carbons (Fsp3) is 0.553. The molecule has 3 N–H and O–H groups in total. The zero-order valence-corrected chi connectivity index (χ0v) is 31.6. The molecule has 276 valence electrons. The molecule has 1 fully saturated rings. The lowest BCUT2D eigenvalue weighted by atomic mass is 9.72. The number of piperidine rings is 1. The van der Waals surface area contributed by atoms with Crippen molar-refractivity contribution in [2.24, 2.45) is 0 Å². The summed E-state index contributed by atoms with van der Waals surface area (Å²) in [5, 5.41) is 8.39. The molecule has 2 atom stereocenters. The highest BCUT2D eigenvalue weighted by atomic mass is 16.6. The lowest BCUT2D eigenvalue weighted by Crippen LogP contribution is -2.49. The van der Waals surface area contributed by atoms with Crippen LogP contribution in [0.5, 0.6) is 5.75 Å². The molecule has 2 unspecified atom stereocenters. The highest BCUT2D eigenvalue weighted by Gasteiger charge is 2.50. The fourth-order valence-corrected chi connectivity index (χ4v) is 6.33. The van der Waals surface area contributed by atoms with Crippen LogP contribution in [0.25, 0.3) is 11.5 Å². The summed E-state index contributed by atoms with van der Waals surface area (Å²) in [6.07, 6.45) is 3.90. The summed E-state index contributed by atoms with van der Waals surface area (Å²) in [7, 11) is 0. The summed E-state index contributed by atoms with van der Waals surface area (Å²) in [6.45, 7) is 22.8. The maximum Gasteiger partial charge on any atom is 0.413 e. The smallest absolute Gasteiger partial charge is 0.413 e. The minimum Gasteiger partial charge on any atom is -0.486 e. The number of carbonyl (C=O) groups excluding carboxylic acids is 3. The molecule has 4 aliphatic rings. The topological polar surface area (TPSA) is 157 Å². The van der Waals surface area contributed by atoms with Gasteiger partial charge in [0.05, 0.1) is 5.92 Å². The molecule has 13 heteroatoms. The summed E-state index contributed by atoms with van der Waals surface area (Å²) >= 11 is 0. The molecule has 2 aliphatic carbocycles. The van der Waals surface area contributed by atoms with E-state index in [0.717, 1.165) is 31.7 Å². The van der Waals surface area contributed by atoms with Gasteiger partial charge in [-0.15, -0.1) is 0 Å². The van der Waals surface area contributed by atoms with Gasteiger partial charge in [0.25, 0.3) is 5.91 Å². The number of anilines is 2. The van der Waals surface area contributed by atoms with E-state index in [0.29, 0.717) is 11.5 Å². The molecule has 1 saturated heterocycles. The molecule has 3 aromatic rings. The summed E-state index contributed by atoms with van der Waals surface area (Å²) in [6, 6.07) is 7.83. The van der Waals surface area contributed by atoms with E-state index in [4.69, 9.17) is 18.6 Å². The molecule has 1 aromatic carbocycles. The van der Waals surface area contributed by atoms with Gasteiger partial charge in [-0.05, 0) is 113 Å². The van der Waals surface area contributed by atoms with Crippen LogP contribution in [0.2, 0.25) is 0 Å². The number of hydrogen-bond acceptors (Lipinski definition) is 10. The van der Waals surface area contributed by atoms with Crippen LogP contribution >= 0.6 is 0 Å². The van der Waals surface area contributed by atoms with Crippen LogP contribution in [-0.2, 0) is 9.47 Å². The third-order valence-electron chi connectivity index (χ3n) is 8.19. The number of amides is 3. The van der Waals surface area contributed by atoms with Crippen LogP contribution in [0, 0.1) is 0 Å². The van der Waals surface area contributed by atoms with Crippen LogP contribution in [-0.4, -0.2) is 69.5 Å². The third kappa shape index (κ3) is 9.50. The normalized spacial score (nSPS) is 18.7. The van der Waals surface area contributed by atoms with E-state index in [2.05, 4.69) is 56.8 Å². The summed E-state index contributed by atoms with van der Waals surface area (Å²) in [5.74, 6) is 1.65. The largest absolute Gasteiger partial charge is 0.486 e. The maximum absolute atomic E-state index is 12.1. The van der Waals surface area contributed by atoms with Gasteiger partial charge in [0.1, 0.15) is 34.6 Å². The zero-order valence-electron chi connectivity index (χ0n) is 31.6. The Kier molecular flexibility index (Phi) is 10.1. The SMILES string of the molecule is CC(C)(C)NC(=O)c1coc(-c2ccnc(NC(=O)OC(C)(C)C)c2)n1.CC(C)(C)OC(=O)NC1CCCN(c2cc3c4cc2C4C(C)(C)O3)C1. The second-order valence-corrected chi connectivity index (χ2v) is 16.8. The fourth-order valence-electron chi connectivity index (χ4n) is 6.33. The van der Waals surface area contributed by atoms with E-state index in [1.807, 2.05) is 41.5 Å². The average Bonchev–Trinajstić information content (AvgIpc) is 3.49. The molecule has 2 aliphatic heterocycles. The first kappa shape index (κ1) is 37.4. The maximum atomic E-state index is 12.1. The predicted octanol–water partition coefficient (Wildman–Crippen LogP) is 7.41. The second kappa shape index (κ2) is 13.7. The molecule has 4 bridgehead atoms. The summed E-state index contributed by atoms with van der Waals surface area (Å²) in [4.78, 5) is 46.7. The Morgan fingerprint density at radius 3 is 2.27 bits per heavy atom. The minimum atomic E-state index is -0.612. The number of pyridine rings is 1. The molecule has 0 saturated carbocycles. The van der Waals surface area contributed by atoms with Gasteiger partial charge < -0.3 is 34.2 Å². The van der Waals surface area contributed by atoms with E-state index in [-0.39, 0.29) is 46.6 Å². The van der Waals surface area contributed by atoms with Crippen molar-refractivity contribution in [3.05, 3.63) is 53.5 Å². The Labute approximate surface area is 300 Å². The van der Waals surface area contributed by atoms with Crippen molar-refractivity contribution < 1.29 is 33.0 Å². The molecular weight excluding hydrogens is 652 g/mol. The molecule has 4 heterocycles. The molecule has 13 nitrogen and oxygen atoms in total. The molecule has 2 aromatic heterocycles. The van der Waals surface area contributed by atoms with Gasteiger partial charge in [-0.1, -0.05) is 0 Å². The van der Waals surface area contributed by atoms with Crippen LogP contribution in [0.15, 0.2) is 41.1 Å². The average molecular weight is 705 g/mol. The number of hydrogen-bond donors (Lipinski definition) is 3. The Balaban J connectivity index is 0.000000198. The number of aromatic nitrogens is 2. The minimum absolute atomic E-state index is 0.118. The Morgan fingerprint density at radius 2 is 1.63 bits per heavy atom. The van der Waals surface area contributed by atoms with Crippen molar-refractivity contribution in [1.29, 1.82) is 0 Å². The van der Waals surface area contributed by atoms with Gasteiger partial charge in [0, 0.05) is 53.7 Å². The first-order valence-electron chi connectivity index (χ1n) is 17.4. The van der Waals surface area contributed by atoms with Gasteiger partial charge in [0.2, 0.25) is 5.89 Å². The quantitative estimate of drug-likeness (QED) is 0.244. The summed E-state index contributed by atoms with van der Waals surface area (Å²) < 4.78 is 22.1. The van der Waals surface area contributed by atoms with Crippen molar-refractivity contribution in [2.75, 3.05) is 23.3 Å². The lowest BCUT2D eigenvalue weighted by Gasteiger charge is -2.39. The van der Waals surface area contributed by atoms with Crippen molar-refractivity contribution in [3.8, 4) is 17.2 Å². The third-order valence-corrected chi connectivity index (χ3v) is 8.19. The number of fused-ring (bicyclic) bond motifs is 1. The lowest BCUT2D eigenvalue weighted by molar-refractivity contribution is 0.0498. The number of alkyl carbamates (subject to hydrolysis) is 1. The zero-order chi connectivity index (χ0) is 37.5. The summed E-state index contributed by atoms with van der Waals surface area (Å²) in [5.41, 5.74) is 3.16. The van der Waals surface area contributed by atoms with Crippen LogP contribution in [0.3, 0.4) is 0 Å². The Bertz CT molecular complexity index is 1780. The number of ether oxygens (including phenoxy) is 3. The first-order valence-corrected chi connectivity index (χ1v) is 17.4. The Morgan fingerprint density at radius 1 is 0.941 bits per heavy atom. The van der Waals surface area contributed by atoms with Crippen LogP contribution < -0.4 is 25.6 Å². The number of carbonyl (C=O) groups is 3. The molecule has 7 rings (SSSR count). The second-order valence-electron chi connectivity index (χ2n) is 16.8. The molecular formula is C38H52N6O7. The molecule has 0 spiro atoms. The van der Waals surface area contributed by atoms with Gasteiger partial charge >= 0.3 is 12.2 Å². The highest BCUT2D eigenvalue weighted by molar-refractivity contribution is 5.93. The number of nitrogens with one attached hydrogen (secondary N) is 3. The van der Waals surface area contributed by atoms with E-state index < -0.39 is 17.3 Å².